The zero-order valence-electron chi connectivity index (χ0n) is 26.3. The van der Waals surface area contributed by atoms with Crippen molar-refractivity contribution in [1.29, 1.82) is 0 Å². The normalized spacial score (nSPS) is 21.4. The van der Waals surface area contributed by atoms with Gasteiger partial charge in [0.15, 0.2) is 0 Å². The van der Waals surface area contributed by atoms with E-state index in [1.54, 1.807) is 31.6 Å². The minimum absolute atomic E-state index is 0.0909. The third-order valence-corrected chi connectivity index (χ3v) is 7.77. The Bertz CT molecular complexity index is 1390. The standard InChI is InChI=1S/C34H45N7O4/c1-23(2)17-29-33(44)38-24(3)31(42)36-15-7-8-16-41(21-28-19-35-22-37-28)20-26-11-13-27(14-12-26)32(43)39-30(34(45)40-29)18-25-9-5-4-6-10-25/h4-6,9-14,19,22-24,29-30H,7-8,15-18,20-21H2,1-3H3,(H,35,37)(H,36,42)(H,38,44)(H,39,43)(H,40,45)/t24-,29+,30-/m1/s1. The van der Waals surface area contributed by atoms with Crippen LogP contribution in [0.2, 0.25) is 0 Å². The molecule has 3 aromatic rings. The van der Waals surface area contributed by atoms with Gasteiger partial charge in [-0.1, -0.05) is 56.3 Å². The Balaban J connectivity index is 1.59. The predicted molar refractivity (Wildman–Crippen MR) is 172 cm³/mol. The lowest BCUT2D eigenvalue weighted by atomic mass is 10.0. The van der Waals surface area contributed by atoms with E-state index in [1.165, 1.54) is 0 Å². The smallest absolute Gasteiger partial charge is 0.251 e. The van der Waals surface area contributed by atoms with Gasteiger partial charge in [0, 0.05) is 43.5 Å². The quantitative estimate of drug-likeness (QED) is 0.270. The van der Waals surface area contributed by atoms with E-state index in [4.69, 9.17) is 0 Å². The maximum Gasteiger partial charge on any atom is 0.251 e. The average molecular weight is 616 g/mol. The molecule has 3 atom stereocenters. The molecule has 0 aliphatic carbocycles. The highest BCUT2D eigenvalue weighted by Crippen LogP contribution is 2.13. The van der Waals surface area contributed by atoms with Crippen LogP contribution in [0.4, 0.5) is 0 Å². The van der Waals surface area contributed by atoms with Gasteiger partial charge in [0.25, 0.3) is 5.91 Å². The fourth-order valence-corrected chi connectivity index (χ4v) is 5.33. The summed E-state index contributed by atoms with van der Waals surface area (Å²) >= 11 is 0. The molecule has 2 bridgehead atoms. The highest BCUT2D eigenvalue weighted by molar-refractivity contribution is 5.98. The van der Waals surface area contributed by atoms with Crippen LogP contribution in [0.5, 0.6) is 0 Å². The number of imidazole rings is 1. The minimum atomic E-state index is -0.929. The fraction of sp³-hybridized carbons (Fsp3) is 0.441. The van der Waals surface area contributed by atoms with E-state index in [0.717, 1.165) is 36.2 Å². The molecule has 2 aliphatic heterocycles. The molecule has 0 saturated heterocycles. The second-order valence-corrected chi connectivity index (χ2v) is 12.1. The summed E-state index contributed by atoms with van der Waals surface area (Å²) in [7, 11) is 0. The van der Waals surface area contributed by atoms with Gasteiger partial charge in [0.05, 0.1) is 6.33 Å². The third-order valence-electron chi connectivity index (χ3n) is 7.77. The first-order chi connectivity index (χ1) is 21.7. The summed E-state index contributed by atoms with van der Waals surface area (Å²) < 4.78 is 0. The lowest BCUT2D eigenvalue weighted by Gasteiger charge is -2.25. The summed E-state index contributed by atoms with van der Waals surface area (Å²) in [5.74, 6) is -1.49. The molecule has 11 heteroatoms. The molecule has 5 N–H and O–H groups in total. The summed E-state index contributed by atoms with van der Waals surface area (Å²) in [5.41, 5.74) is 3.34. The van der Waals surface area contributed by atoms with E-state index in [9.17, 15) is 19.2 Å². The first kappa shape index (κ1) is 33.4. The molecule has 3 heterocycles. The van der Waals surface area contributed by atoms with Crippen LogP contribution in [0, 0.1) is 5.92 Å². The summed E-state index contributed by atoms with van der Waals surface area (Å²) in [5, 5.41) is 11.4. The van der Waals surface area contributed by atoms with Crippen LogP contribution >= 0.6 is 0 Å². The summed E-state index contributed by atoms with van der Waals surface area (Å²) in [6.07, 6.45) is 5.68. The fourth-order valence-electron chi connectivity index (χ4n) is 5.33. The topological polar surface area (TPSA) is 148 Å². The van der Waals surface area contributed by atoms with E-state index in [0.29, 0.717) is 31.6 Å². The first-order valence-electron chi connectivity index (χ1n) is 15.7. The molecule has 0 spiro atoms. The van der Waals surface area contributed by atoms with Gasteiger partial charge in [0.2, 0.25) is 17.7 Å². The van der Waals surface area contributed by atoms with E-state index in [2.05, 4.69) is 36.1 Å². The second-order valence-electron chi connectivity index (χ2n) is 12.1. The number of benzene rings is 2. The molecular weight excluding hydrogens is 570 g/mol. The van der Waals surface area contributed by atoms with Crippen LogP contribution in [0.1, 0.15) is 67.2 Å². The van der Waals surface area contributed by atoms with Crippen molar-refractivity contribution < 1.29 is 19.2 Å². The van der Waals surface area contributed by atoms with E-state index in [-0.39, 0.29) is 24.2 Å². The highest BCUT2D eigenvalue weighted by atomic mass is 16.2. The van der Waals surface area contributed by atoms with Gasteiger partial charge in [0.1, 0.15) is 18.1 Å². The number of hydrogen-bond donors (Lipinski definition) is 5. The van der Waals surface area contributed by atoms with Gasteiger partial charge in [-0.2, -0.15) is 0 Å². The molecule has 5 rings (SSSR count). The van der Waals surface area contributed by atoms with Crippen molar-refractivity contribution in [3.63, 3.8) is 0 Å². The van der Waals surface area contributed by atoms with Crippen molar-refractivity contribution in [3.05, 3.63) is 89.5 Å². The van der Waals surface area contributed by atoms with E-state index < -0.39 is 29.9 Å². The number of H-pyrrole nitrogens is 1. The minimum Gasteiger partial charge on any atom is -0.354 e. The Kier molecular flexibility index (Phi) is 12.3. The molecule has 0 unspecified atom stereocenters. The molecule has 2 aromatic carbocycles. The van der Waals surface area contributed by atoms with Crippen molar-refractivity contribution in [3.8, 4) is 0 Å². The number of amides is 4. The highest BCUT2D eigenvalue weighted by Gasteiger charge is 2.29. The van der Waals surface area contributed by atoms with Gasteiger partial charge < -0.3 is 26.3 Å². The zero-order valence-corrected chi connectivity index (χ0v) is 26.3. The zero-order chi connectivity index (χ0) is 32.2. The number of nitrogens with one attached hydrogen (secondary N) is 5. The molecule has 11 nitrogen and oxygen atoms in total. The molecule has 1 aromatic heterocycles. The number of aromatic amines is 1. The Morgan fingerprint density at radius 3 is 2.29 bits per heavy atom. The third kappa shape index (κ3) is 10.6. The molecule has 0 radical (unpaired) electrons. The van der Waals surface area contributed by atoms with Gasteiger partial charge >= 0.3 is 0 Å². The number of rotatable bonds is 6. The average Bonchev–Trinajstić information content (AvgIpc) is 3.53. The SMILES string of the molecule is CC(C)C[C@@H]1NC(=O)[C@@H](Cc2ccccc2)NC(=O)c2ccc(cc2)CN(Cc2cnc[nH]2)CCCCNC(=O)[C@@H](C)NC1=O. The molecule has 0 fully saturated rings. The predicted octanol–water partition coefficient (Wildman–Crippen LogP) is 2.70. The first-order valence-corrected chi connectivity index (χ1v) is 15.7. The van der Waals surface area contributed by atoms with Crippen LogP contribution in [0.3, 0.4) is 0 Å². The molecule has 0 saturated carbocycles. The number of carbonyl (C=O) groups excluding carboxylic acids is 4. The van der Waals surface area contributed by atoms with Crippen LogP contribution < -0.4 is 21.3 Å². The summed E-state index contributed by atoms with van der Waals surface area (Å²) in [6, 6.07) is 14.2. The number of carbonyl (C=O) groups is 4. The lowest BCUT2D eigenvalue weighted by Crippen LogP contribution is -2.57. The second kappa shape index (κ2) is 16.5. The number of fused-ring (bicyclic) bond motifs is 18. The largest absolute Gasteiger partial charge is 0.354 e. The van der Waals surface area contributed by atoms with Crippen molar-refractivity contribution in [2.45, 2.75) is 77.7 Å². The van der Waals surface area contributed by atoms with Crippen LogP contribution in [0.15, 0.2) is 67.1 Å². The van der Waals surface area contributed by atoms with Gasteiger partial charge in [-0.05, 0) is 61.9 Å². The van der Waals surface area contributed by atoms with Crippen molar-refractivity contribution in [2.75, 3.05) is 13.1 Å². The Morgan fingerprint density at radius 1 is 0.867 bits per heavy atom. The van der Waals surface area contributed by atoms with Crippen molar-refractivity contribution >= 4 is 23.6 Å². The number of hydrogen-bond acceptors (Lipinski definition) is 6. The molecule has 240 valence electrons. The van der Waals surface area contributed by atoms with Crippen LogP contribution in [-0.2, 0) is 33.9 Å². The Hall–Kier alpha value is -4.51. The number of nitrogens with zero attached hydrogens (tertiary/aromatic N) is 2. The lowest BCUT2D eigenvalue weighted by molar-refractivity contribution is -0.132. The van der Waals surface area contributed by atoms with Gasteiger partial charge in [-0.15, -0.1) is 0 Å². The van der Waals surface area contributed by atoms with Crippen molar-refractivity contribution in [2.24, 2.45) is 5.92 Å². The number of aromatic nitrogens is 2. The summed E-state index contributed by atoms with van der Waals surface area (Å²) in [6.45, 7) is 8.14. The van der Waals surface area contributed by atoms with Crippen LogP contribution in [-0.4, -0.2) is 69.7 Å². The van der Waals surface area contributed by atoms with Gasteiger partial charge in [-0.3, -0.25) is 24.1 Å². The van der Waals surface area contributed by atoms with E-state index in [1.807, 2.05) is 56.3 Å². The van der Waals surface area contributed by atoms with Crippen molar-refractivity contribution in [1.82, 2.24) is 36.1 Å². The maximum absolute atomic E-state index is 13.7. The molecule has 4 amide bonds. The maximum atomic E-state index is 13.7. The molecular formula is C34H45N7O4. The van der Waals surface area contributed by atoms with Gasteiger partial charge in [-0.25, -0.2) is 4.98 Å². The summed E-state index contributed by atoms with van der Waals surface area (Å²) in [4.78, 5) is 62.8. The monoisotopic (exact) mass is 615 g/mol. The Labute approximate surface area is 265 Å². The molecule has 45 heavy (non-hydrogen) atoms. The Morgan fingerprint density at radius 2 is 1.60 bits per heavy atom. The van der Waals surface area contributed by atoms with Crippen LogP contribution in [0.25, 0.3) is 0 Å². The van der Waals surface area contributed by atoms with E-state index >= 15 is 0 Å². The molecule has 2 aliphatic rings.